The lowest BCUT2D eigenvalue weighted by atomic mass is 10.1. The third-order valence-electron chi connectivity index (χ3n) is 3.15. The van der Waals surface area contributed by atoms with Crippen molar-refractivity contribution >= 4 is 16.3 Å². The van der Waals surface area contributed by atoms with Gasteiger partial charge in [0.25, 0.3) is 0 Å². The Bertz CT molecular complexity index is 393. The van der Waals surface area contributed by atoms with Crippen LogP contribution < -0.4 is 5.73 Å². The molecule has 2 unspecified atom stereocenters. The van der Waals surface area contributed by atoms with Gasteiger partial charge in [-0.3, -0.25) is 15.0 Å². The molecule has 0 aliphatic carbocycles. The average Bonchev–Trinajstić information content (AvgIpc) is 2.81. The molecular weight excluding hydrogens is 226 g/mol. The quantitative estimate of drug-likeness (QED) is 0.644. The van der Waals surface area contributed by atoms with Crippen molar-refractivity contribution in [3.8, 4) is 0 Å². The molecule has 1 aromatic heterocycles. The van der Waals surface area contributed by atoms with Crippen LogP contribution in [0.2, 0.25) is 0 Å². The van der Waals surface area contributed by atoms with Crippen LogP contribution in [0, 0.1) is 10.1 Å². The molecule has 1 fully saturated rings. The van der Waals surface area contributed by atoms with Crippen LogP contribution in [0.1, 0.15) is 18.9 Å². The van der Waals surface area contributed by atoms with E-state index in [2.05, 4.69) is 11.8 Å². The molecule has 0 amide bonds. The monoisotopic (exact) mass is 241 g/mol. The Labute approximate surface area is 98.0 Å². The normalized spacial score (nSPS) is 26.1. The van der Waals surface area contributed by atoms with Crippen LogP contribution >= 0.6 is 11.3 Å². The van der Waals surface area contributed by atoms with Gasteiger partial charge in [-0.2, -0.15) is 0 Å². The van der Waals surface area contributed by atoms with E-state index < -0.39 is 0 Å². The van der Waals surface area contributed by atoms with Gasteiger partial charge in [0, 0.05) is 36.6 Å². The molecule has 0 aromatic carbocycles. The molecule has 1 aliphatic heterocycles. The molecular formula is C10H15N3O2S. The van der Waals surface area contributed by atoms with Crippen molar-refractivity contribution < 1.29 is 4.92 Å². The first-order chi connectivity index (χ1) is 7.58. The van der Waals surface area contributed by atoms with Gasteiger partial charge in [-0.15, -0.1) is 0 Å². The van der Waals surface area contributed by atoms with Crippen molar-refractivity contribution in [1.29, 1.82) is 0 Å². The highest BCUT2D eigenvalue weighted by Gasteiger charge is 2.28. The number of rotatable bonds is 3. The molecule has 5 nitrogen and oxygen atoms in total. The van der Waals surface area contributed by atoms with Gasteiger partial charge >= 0.3 is 5.00 Å². The van der Waals surface area contributed by atoms with E-state index in [4.69, 9.17) is 5.73 Å². The third-order valence-corrected chi connectivity index (χ3v) is 4.08. The minimum Gasteiger partial charge on any atom is -0.326 e. The number of nitrogens with two attached hydrogens (primary N) is 1. The van der Waals surface area contributed by atoms with E-state index in [-0.39, 0.29) is 16.0 Å². The predicted molar refractivity (Wildman–Crippen MR) is 63.4 cm³/mol. The fourth-order valence-corrected chi connectivity index (χ4v) is 2.75. The molecule has 2 rings (SSSR count). The second kappa shape index (κ2) is 4.48. The molecule has 2 atom stereocenters. The number of nitro groups is 1. The molecule has 1 saturated heterocycles. The lowest BCUT2D eigenvalue weighted by molar-refractivity contribution is -0.380. The van der Waals surface area contributed by atoms with Crippen molar-refractivity contribution in [2.24, 2.45) is 5.73 Å². The van der Waals surface area contributed by atoms with E-state index in [1.165, 1.54) is 11.3 Å². The number of likely N-dealkylation sites (tertiary alicyclic amines) is 1. The number of nitrogens with zero attached hydrogens (tertiary/aromatic N) is 2. The first kappa shape index (κ1) is 11.5. The highest BCUT2D eigenvalue weighted by atomic mass is 32.1. The second-order valence-corrected chi connectivity index (χ2v) is 5.10. The van der Waals surface area contributed by atoms with Gasteiger partial charge in [0.15, 0.2) is 0 Å². The van der Waals surface area contributed by atoms with E-state index in [1.807, 2.05) is 5.38 Å². The smallest absolute Gasteiger partial charge is 0.324 e. The summed E-state index contributed by atoms with van der Waals surface area (Å²) in [4.78, 5) is 12.5. The van der Waals surface area contributed by atoms with Gasteiger partial charge < -0.3 is 5.73 Å². The maximum atomic E-state index is 10.6. The Kier molecular flexibility index (Phi) is 3.22. The maximum absolute atomic E-state index is 10.6. The number of thiophene rings is 1. The molecule has 6 heteroatoms. The fraction of sp³-hybridized carbons (Fsp3) is 0.600. The highest BCUT2D eigenvalue weighted by Crippen LogP contribution is 2.26. The van der Waals surface area contributed by atoms with E-state index in [0.717, 1.165) is 25.1 Å². The Morgan fingerprint density at radius 2 is 2.50 bits per heavy atom. The van der Waals surface area contributed by atoms with Crippen LogP contribution in [0.3, 0.4) is 0 Å². The summed E-state index contributed by atoms with van der Waals surface area (Å²) in [6.45, 7) is 3.85. The molecule has 0 radical (unpaired) electrons. The van der Waals surface area contributed by atoms with Crippen LogP contribution in [0.5, 0.6) is 0 Å². The Morgan fingerprint density at radius 1 is 1.75 bits per heavy atom. The van der Waals surface area contributed by atoms with Crippen LogP contribution in [0.15, 0.2) is 11.4 Å². The van der Waals surface area contributed by atoms with E-state index >= 15 is 0 Å². The minimum atomic E-state index is -0.340. The summed E-state index contributed by atoms with van der Waals surface area (Å²) in [7, 11) is 0. The van der Waals surface area contributed by atoms with Gasteiger partial charge in [0.2, 0.25) is 0 Å². The Morgan fingerprint density at radius 3 is 3.00 bits per heavy atom. The molecule has 0 bridgehead atoms. The number of hydrogen-bond acceptors (Lipinski definition) is 5. The van der Waals surface area contributed by atoms with Crippen LogP contribution in [-0.4, -0.2) is 28.5 Å². The summed E-state index contributed by atoms with van der Waals surface area (Å²) >= 11 is 1.19. The first-order valence-electron chi connectivity index (χ1n) is 5.29. The lowest BCUT2D eigenvalue weighted by Crippen LogP contribution is -2.36. The number of hydrogen-bond donors (Lipinski definition) is 1. The van der Waals surface area contributed by atoms with Crippen LogP contribution in [0.4, 0.5) is 5.00 Å². The zero-order valence-corrected chi connectivity index (χ0v) is 9.94. The molecule has 1 aromatic rings. The molecule has 0 spiro atoms. The van der Waals surface area contributed by atoms with Gasteiger partial charge in [-0.25, -0.2) is 0 Å². The van der Waals surface area contributed by atoms with Gasteiger partial charge in [0.1, 0.15) is 0 Å². The lowest BCUT2D eigenvalue weighted by Gasteiger charge is -2.22. The molecule has 2 N–H and O–H groups in total. The SMILES string of the molecule is CC1C(N)CCN1Cc1csc([N+](=O)[O-])c1. The summed E-state index contributed by atoms with van der Waals surface area (Å²) in [5.41, 5.74) is 6.94. The summed E-state index contributed by atoms with van der Waals surface area (Å²) < 4.78 is 0. The molecule has 1 aliphatic rings. The topological polar surface area (TPSA) is 72.4 Å². The van der Waals surface area contributed by atoms with E-state index in [0.29, 0.717) is 6.04 Å². The van der Waals surface area contributed by atoms with Crippen molar-refractivity contribution in [2.75, 3.05) is 6.54 Å². The molecule has 0 saturated carbocycles. The van der Waals surface area contributed by atoms with Gasteiger partial charge in [-0.05, 0) is 18.9 Å². The first-order valence-corrected chi connectivity index (χ1v) is 6.17. The van der Waals surface area contributed by atoms with Crippen LogP contribution in [-0.2, 0) is 6.54 Å². The zero-order valence-electron chi connectivity index (χ0n) is 9.13. The van der Waals surface area contributed by atoms with E-state index in [1.54, 1.807) is 6.07 Å². The summed E-state index contributed by atoms with van der Waals surface area (Å²) in [6.07, 6.45) is 1.01. The van der Waals surface area contributed by atoms with Crippen molar-refractivity contribution in [2.45, 2.75) is 32.0 Å². The van der Waals surface area contributed by atoms with Crippen molar-refractivity contribution in [1.82, 2.24) is 4.90 Å². The summed E-state index contributed by atoms with van der Waals surface area (Å²) in [5.74, 6) is 0. The third kappa shape index (κ3) is 2.23. The highest BCUT2D eigenvalue weighted by molar-refractivity contribution is 7.13. The van der Waals surface area contributed by atoms with Gasteiger partial charge in [-0.1, -0.05) is 11.3 Å². The Hall–Kier alpha value is -0.980. The Balaban J connectivity index is 2.01. The second-order valence-electron chi connectivity index (χ2n) is 4.21. The van der Waals surface area contributed by atoms with Crippen LogP contribution in [0.25, 0.3) is 0 Å². The predicted octanol–water partition coefficient (Wildman–Crippen LogP) is 1.58. The van der Waals surface area contributed by atoms with Gasteiger partial charge in [0.05, 0.1) is 4.92 Å². The average molecular weight is 241 g/mol. The molecule has 16 heavy (non-hydrogen) atoms. The standard InChI is InChI=1S/C10H15N3O2S/c1-7-9(11)2-3-12(7)5-8-4-10(13(14)15)16-6-8/h4,6-7,9H,2-3,5,11H2,1H3. The fourth-order valence-electron chi connectivity index (χ4n) is 2.03. The zero-order chi connectivity index (χ0) is 11.7. The van der Waals surface area contributed by atoms with Crippen molar-refractivity contribution in [3.63, 3.8) is 0 Å². The minimum absolute atomic E-state index is 0.214. The molecule has 2 heterocycles. The van der Waals surface area contributed by atoms with Crippen molar-refractivity contribution in [3.05, 3.63) is 27.1 Å². The maximum Gasteiger partial charge on any atom is 0.324 e. The molecule has 88 valence electrons. The summed E-state index contributed by atoms with van der Waals surface area (Å²) in [6, 6.07) is 2.24. The van der Waals surface area contributed by atoms with E-state index in [9.17, 15) is 10.1 Å². The summed E-state index contributed by atoms with van der Waals surface area (Å²) in [5, 5.41) is 12.6. The largest absolute Gasteiger partial charge is 0.326 e.